The highest BCUT2D eigenvalue weighted by molar-refractivity contribution is 7.89. The Hall–Kier alpha value is -0.580. The average molecular weight is 316 g/mol. The van der Waals surface area contributed by atoms with E-state index in [4.69, 9.17) is 11.6 Å². The zero-order chi connectivity index (χ0) is 14.8. The zero-order valence-electron chi connectivity index (χ0n) is 12.1. The first-order valence-corrected chi connectivity index (χ1v) is 9.12. The Balaban J connectivity index is 2.22. The molecule has 0 unspecified atom stereocenters. The van der Waals surface area contributed by atoms with Gasteiger partial charge in [0.1, 0.15) is 0 Å². The van der Waals surface area contributed by atoms with Gasteiger partial charge in [-0.3, -0.25) is 0 Å². The van der Waals surface area contributed by atoms with E-state index in [0.717, 1.165) is 30.4 Å². The lowest BCUT2D eigenvalue weighted by atomic mass is 9.96. The standard InChI is InChI=1S/C15H22ClNO2S/c1-3-13-6-8-17(9-7-13)20(18,19)15-5-4-12(2)14(10-15)11-16/h4-5,10,13H,3,6-9,11H2,1-2H3. The summed E-state index contributed by atoms with van der Waals surface area (Å²) in [6.07, 6.45) is 3.06. The number of piperidine rings is 1. The first-order valence-electron chi connectivity index (χ1n) is 7.14. The topological polar surface area (TPSA) is 37.4 Å². The summed E-state index contributed by atoms with van der Waals surface area (Å²) >= 11 is 5.87. The van der Waals surface area contributed by atoms with Crippen molar-refractivity contribution < 1.29 is 8.42 Å². The van der Waals surface area contributed by atoms with E-state index >= 15 is 0 Å². The van der Waals surface area contributed by atoms with Crippen LogP contribution < -0.4 is 0 Å². The molecular weight excluding hydrogens is 294 g/mol. The number of halogens is 1. The van der Waals surface area contributed by atoms with Gasteiger partial charge in [0.05, 0.1) is 4.90 Å². The van der Waals surface area contributed by atoms with Crippen LogP contribution in [0.4, 0.5) is 0 Å². The minimum Gasteiger partial charge on any atom is -0.207 e. The van der Waals surface area contributed by atoms with Crippen molar-refractivity contribution in [2.45, 2.75) is 43.9 Å². The van der Waals surface area contributed by atoms with E-state index in [1.807, 2.05) is 13.0 Å². The average Bonchev–Trinajstić information content (AvgIpc) is 2.47. The SMILES string of the molecule is CCC1CCN(S(=O)(=O)c2ccc(C)c(CCl)c2)CC1. The van der Waals surface area contributed by atoms with Gasteiger partial charge in [-0.15, -0.1) is 11.6 Å². The van der Waals surface area contributed by atoms with Crippen molar-refractivity contribution in [1.82, 2.24) is 4.31 Å². The largest absolute Gasteiger partial charge is 0.243 e. The van der Waals surface area contributed by atoms with Gasteiger partial charge in [0, 0.05) is 19.0 Å². The van der Waals surface area contributed by atoms with Crippen LogP contribution in [0.1, 0.15) is 37.3 Å². The summed E-state index contributed by atoms with van der Waals surface area (Å²) in [5.41, 5.74) is 1.92. The Morgan fingerprint density at radius 1 is 1.30 bits per heavy atom. The number of benzene rings is 1. The van der Waals surface area contributed by atoms with E-state index in [2.05, 4.69) is 6.92 Å². The van der Waals surface area contributed by atoms with Crippen LogP contribution >= 0.6 is 11.6 Å². The maximum absolute atomic E-state index is 12.6. The molecule has 1 aromatic rings. The third kappa shape index (κ3) is 3.18. The van der Waals surface area contributed by atoms with Crippen LogP contribution in [0.15, 0.2) is 23.1 Å². The lowest BCUT2D eigenvalue weighted by molar-refractivity contribution is 0.269. The van der Waals surface area contributed by atoms with E-state index in [1.54, 1.807) is 16.4 Å². The van der Waals surface area contributed by atoms with E-state index < -0.39 is 10.0 Å². The third-order valence-electron chi connectivity index (χ3n) is 4.25. The fourth-order valence-corrected chi connectivity index (χ4v) is 4.47. The second kappa shape index (κ2) is 6.46. The molecule has 5 heteroatoms. The predicted octanol–water partition coefficient (Wildman–Crippen LogP) is 3.54. The van der Waals surface area contributed by atoms with E-state index in [9.17, 15) is 8.42 Å². The minimum atomic E-state index is -3.37. The molecule has 1 heterocycles. The van der Waals surface area contributed by atoms with Crippen LogP contribution in [0.3, 0.4) is 0 Å². The Morgan fingerprint density at radius 3 is 2.50 bits per heavy atom. The molecule has 0 atom stereocenters. The summed E-state index contributed by atoms with van der Waals surface area (Å²) < 4.78 is 26.9. The van der Waals surface area contributed by atoms with Crippen LogP contribution in [0.5, 0.6) is 0 Å². The first kappa shape index (κ1) is 15.8. The second-order valence-corrected chi connectivity index (χ2v) is 7.68. The Kier molecular flexibility index (Phi) is 5.10. The molecule has 0 spiro atoms. The number of aryl methyl sites for hydroxylation is 1. The molecule has 112 valence electrons. The molecule has 0 N–H and O–H groups in total. The lowest BCUT2D eigenvalue weighted by Crippen LogP contribution is -2.38. The highest BCUT2D eigenvalue weighted by Crippen LogP contribution is 2.26. The van der Waals surface area contributed by atoms with Crippen LogP contribution in [-0.2, 0) is 15.9 Å². The van der Waals surface area contributed by atoms with Gasteiger partial charge in [0.25, 0.3) is 0 Å². The van der Waals surface area contributed by atoms with Crippen molar-refractivity contribution in [3.8, 4) is 0 Å². The fourth-order valence-electron chi connectivity index (χ4n) is 2.66. The highest BCUT2D eigenvalue weighted by Gasteiger charge is 2.28. The Morgan fingerprint density at radius 2 is 1.95 bits per heavy atom. The van der Waals surface area contributed by atoms with Gasteiger partial charge in [0.15, 0.2) is 0 Å². The number of sulfonamides is 1. The molecule has 0 bridgehead atoms. The molecule has 1 aromatic carbocycles. The molecule has 1 aliphatic heterocycles. The predicted molar refractivity (Wildman–Crippen MR) is 82.5 cm³/mol. The van der Waals surface area contributed by atoms with Crippen molar-refractivity contribution in [2.24, 2.45) is 5.92 Å². The normalized spacial score (nSPS) is 18.4. The van der Waals surface area contributed by atoms with Crippen molar-refractivity contribution in [1.29, 1.82) is 0 Å². The number of hydrogen-bond acceptors (Lipinski definition) is 2. The summed E-state index contributed by atoms with van der Waals surface area (Å²) in [7, 11) is -3.37. The Labute approximate surface area is 127 Å². The molecule has 1 saturated heterocycles. The molecule has 0 radical (unpaired) electrons. The van der Waals surface area contributed by atoms with Crippen molar-refractivity contribution in [3.63, 3.8) is 0 Å². The van der Waals surface area contributed by atoms with Crippen molar-refractivity contribution in [3.05, 3.63) is 29.3 Å². The molecule has 0 saturated carbocycles. The smallest absolute Gasteiger partial charge is 0.207 e. The van der Waals surface area contributed by atoms with Crippen molar-refractivity contribution in [2.75, 3.05) is 13.1 Å². The minimum absolute atomic E-state index is 0.340. The molecule has 0 aromatic heterocycles. The molecule has 0 aliphatic carbocycles. The maximum Gasteiger partial charge on any atom is 0.243 e. The Bertz CT molecular complexity index is 563. The van der Waals surface area contributed by atoms with Crippen LogP contribution in [-0.4, -0.2) is 25.8 Å². The van der Waals surface area contributed by atoms with Crippen LogP contribution in [0.25, 0.3) is 0 Å². The number of hydrogen-bond donors (Lipinski definition) is 0. The van der Waals surface area contributed by atoms with Gasteiger partial charge >= 0.3 is 0 Å². The number of alkyl halides is 1. The summed E-state index contributed by atoms with van der Waals surface area (Å²) in [4.78, 5) is 0.369. The monoisotopic (exact) mass is 315 g/mol. The molecule has 2 rings (SSSR count). The number of rotatable bonds is 4. The van der Waals surface area contributed by atoms with Gasteiger partial charge in [-0.1, -0.05) is 19.4 Å². The molecule has 1 aliphatic rings. The van der Waals surface area contributed by atoms with Gasteiger partial charge in [0.2, 0.25) is 10.0 Å². The second-order valence-electron chi connectivity index (χ2n) is 5.48. The highest BCUT2D eigenvalue weighted by atomic mass is 35.5. The summed E-state index contributed by atoms with van der Waals surface area (Å²) in [6, 6.07) is 5.24. The number of nitrogens with zero attached hydrogens (tertiary/aromatic N) is 1. The molecule has 3 nitrogen and oxygen atoms in total. The van der Waals surface area contributed by atoms with Crippen LogP contribution in [0, 0.1) is 12.8 Å². The van der Waals surface area contributed by atoms with Gasteiger partial charge < -0.3 is 0 Å². The van der Waals surface area contributed by atoms with E-state index in [1.165, 1.54) is 0 Å². The molecule has 1 fully saturated rings. The lowest BCUT2D eigenvalue weighted by Gasteiger charge is -2.30. The third-order valence-corrected chi connectivity index (χ3v) is 6.44. The quantitative estimate of drug-likeness (QED) is 0.797. The summed E-state index contributed by atoms with van der Waals surface area (Å²) in [6.45, 7) is 5.37. The summed E-state index contributed by atoms with van der Waals surface area (Å²) in [5, 5.41) is 0. The van der Waals surface area contributed by atoms with Crippen molar-refractivity contribution >= 4 is 21.6 Å². The first-order chi connectivity index (χ1) is 9.48. The van der Waals surface area contributed by atoms with Gasteiger partial charge in [-0.05, 0) is 48.9 Å². The maximum atomic E-state index is 12.6. The van der Waals surface area contributed by atoms with Gasteiger partial charge in [-0.25, -0.2) is 8.42 Å². The van der Waals surface area contributed by atoms with Gasteiger partial charge in [-0.2, -0.15) is 4.31 Å². The molecule has 20 heavy (non-hydrogen) atoms. The molecular formula is C15H22ClNO2S. The zero-order valence-corrected chi connectivity index (χ0v) is 13.7. The van der Waals surface area contributed by atoms with E-state index in [-0.39, 0.29) is 0 Å². The fraction of sp³-hybridized carbons (Fsp3) is 0.600. The van der Waals surface area contributed by atoms with Crippen LogP contribution in [0.2, 0.25) is 0 Å². The van der Waals surface area contributed by atoms with E-state index in [0.29, 0.717) is 29.8 Å². The molecule has 0 amide bonds. The summed E-state index contributed by atoms with van der Waals surface area (Å²) in [5.74, 6) is 1.01.